The Morgan fingerprint density at radius 2 is 1.80 bits per heavy atom. The fourth-order valence-electron chi connectivity index (χ4n) is 2.76. The molecule has 1 N–H and O–H groups in total. The van der Waals surface area contributed by atoms with Crippen LogP contribution in [0.3, 0.4) is 0 Å². The number of rotatable bonds is 3. The molecule has 0 amide bonds. The van der Waals surface area contributed by atoms with Crippen LogP contribution in [0.2, 0.25) is 0 Å². The Labute approximate surface area is 117 Å². The predicted molar refractivity (Wildman–Crippen MR) is 79.1 cm³/mol. The fraction of sp³-hybridized carbons (Fsp3) is 0.250. The van der Waals surface area contributed by atoms with Crippen molar-refractivity contribution in [3.05, 3.63) is 69.3 Å². The van der Waals surface area contributed by atoms with Crippen molar-refractivity contribution in [3.63, 3.8) is 0 Å². The Morgan fingerprint density at radius 1 is 1.15 bits per heavy atom. The van der Waals surface area contributed by atoms with Crippen LogP contribution in [0.15, 0.2) is 42.5 Å². The number of fused-ring (bicyclic) bond motifs is 1. The van der Waals surface area contributed by atoms with Crippen molar-refractivity contribution < 1.29 is 4.92 Å². The molecule has 0 unspecified atom stereocenters. The summed E-state index contributed by atoms with van der Waals surface area (Å²) in [6, 6.07) is 13.7. The first-order chi connectivity index (χ1) is 9.63. The molecule has 0 atom stereocenters. The van der Waals surface area contributed by atoms with Gasteiger partial charge in [-0.2, -0.15) is 0 Å². The van der Waals surface area contributed by atoms with Gasteiger partial charge in [0.05, 0.1) is 4.92 Å². The summed E-state index contributed by atoms with van der Waals surface area (Å²) in [5.74, 6) is 0. The lowest BCUT2D eigenvalue weighted by atomic mass is 10.1. The molecule has 20 heavy (non-hydrogen) atoms. The highest BCUT2D eigenvalue weighted by Crippen LogP contribution is 2.27. The summed E-state index contributed by atoms with van der Waals surface area (Å²) in [7, 11) is 0. The molecule has 0 fully saturated rings. The molecule has 3 rings (SSSR count). The third-order valence-electron chi connectivity index (χ3n) is 3.84. The minimum Gasteiger partial charge on any atom is -0.381 e. The highest BCUT2D eigenvalue weighted by Gasteiger charge is 2.21. The van der Waals surface area contributed by atoms with Crippen molar-refractivity contribution in [1.82, 2.24) is 0 Å². The summed E-state index contributed by atoms with van der Waals surface area (Å²) in [6.45, 7) is 1.97. The lowest BCUT2D eigenvalue weighted by Gasteiger charge is -2.15. The van der Waals surface area contributed by atoms with Crippen molar-refractivity contribution in [2.75, 3.05) is 5.32 Å². The first-order valence-electron chi connectivity index (χ1n) is 6.72. The van der Waals surface area contributed by atoms with Crippen molar-refractivity contribution in [3.8, 4) is 0 Å². The predicted octanol–water partition coefficient (Wildman–Crippen LogP) is 3.48. The summed E-state index contributed by atoms with van der Waals surface area (Å²) in [6.07, 6.45) is 1.94. The molecule has 0 heterocycles. The van der Waals surface area contributed by atoms with Gasteiger partial charge in [0, 0.05) is 23.9 Å². The molecule has 1 aliphatic carbocycles. The van der Waals surface area contributed by atoms with Gasteiger partial charge in [0.1, 0.15) is 0 Å². The van der Waals surface area contributed by atoms with Crippen LogP contribution >= 0.6 is 0 Å². The van der Waals surface area contributed by atoms with E-state index < -0.39 is 0 Å². The van der Waals surface area contributed by atoms with Gasteiger partial charge in [-0.3, -0.25) is 10.1 Å². The molecule has 0 saturated heterocycles. The zero-order valence-electron chi connectivity index (χ0n) is 11.3. The molecular formula is C16H16N2O2. The van der Waals surface area contributed by atoms with Gasteiger partial charge < -0.3 is 5.32 Å². The van der Waals surface area contributed by atoms with Gasteiger partial charge in [0.25, 0.3) is 5.69 Å². The Morgan fingerprint density at radius 3 is 2.40 bits per heavy atom. The summed E-state index contributed by atoms with van der Waals surface area (Å²) >= 11 is 0. The number of non-ortho nitro benzene ring substituents is 1. The zero-order valence-corrected chi connectivity index (χ0v) is 11.3. The Kier molecular flexibility index (Phi) is 3.14. The first kappa shape index (κ1) is 12.7. The third-order valence-corrected chi connectivity index (χ3v) is 3.84. The van der Waals surface area contributed by atoms with Crippen LogP contribution in [-0.4, -0.2) is 11.0 Å². The molecular weight excluding hydrogens is 252 g/mol. The average molecular weight is 268 g/mol. The van der Waals surface area contributed by atoms with E-state index in [-0.39, 0.29) is 10.6 Å². The fourth-order valence-corrected chi connectivity index (χ4v) is 2.76. The number of anilines is 1. The van der Waals surface area contributed by atoms with Crippen LogP contribution < -0.4 is 5.32 Å². The number of nitrogens with one attached hydrogen (secondary N) is 1. The number of nitrogens with zero attached hydrogens (tertiary/aromatic N) is 1. The lowest BCUT2D eigenvalue weighted by molar-refractivity contribution is -0.384. The molecule has 0 spiro atoms. The van der Waals surface area contributed by atoms with E-state index in [9.17, 15) is 10.1 Å². The van der Waals surface area contributed by atoms with Crippen molar-refractivity contribution in [1.29, 1.82) is 0 Å². The van der Waals surface area contributed by atoms with Gasteiger partial charge in [0.15, 0.2) is 0 Å². The maximum Gasteiger partial charge on any atom is 0.271 e. The van der Waals surface area contributed by atoms with E-state index in [2.05, 4.69) is 29.6 Å². The van der Waals surface area contributed by atoms with Gasteiger partial charge in [-0.1, -0.05) is 30.3 Å². The standard InChI is InChI=1S/C16H16N2O2/c1-11-6-7-15(18(19)20)10-16(11)17-14-8-12-4-2-3-5-13(12)9-14/h2-7,10,14,17H,8-9H2,1H3. The quantitative estimate of drug-likeness (QED) is 0.685. The van der Waals surface area contributed by atoms with Crippen LogP contribution in [0, 0.1) is 17.0 Å². The van der Waals surface area contributed by atoms with Gasteiger partial charge in [0.2, 0.25) is 0 Å². The summed E-state index contributed by atoms with van der Waals surface area (Å²) in [5.41, 5.74) is 4.76. The number of nitro groups is 1. The van der Waals surface area contributed by atoms with Crippen LogP contribution in [0.4, 0.5) is 11.4 Å². The second-order valence-corrected chi connectivity index (χ2v) is 5.27. The highest BCUT2D eigenvalue weighted by atomic mass is 16.6. The minimum atomic E-state index is -0.353. The molecule has 0 bridgehead atoms. The van der Waals surface area contributed by atoms with E-state index in [0.29, 0.717) is 6.04 Å². The summed E-state index contributed by atoms with van der Waals surface area (Å²) in [4.78, 5) is 10.5. The number of hydrogen-bond donors (Lipinski definition) is 1. The molecule has 0 aromatic heterocycles. The van der Waals surface area contributed by atoms with E-state index in [1.54, 1.807) is 18.2 Å². The lowest BCUT2D eigenvalue weighted by Crippen LogP contribution is -2.20. The third kappa shape index (κ3) is 2.37. The van der Waals surface area contributed by atoms with Crippen molar-refractivity contribution in [2.45, 2.75) is 25.8 Å². The van der Waals surface area contributed by atoms with E-state index in [0.717, 1.165) is 24.1 Å². The maximum atomic E-state index is 10.9. The van der Waals surface area contributed by atoms with Crippen LogP contribution in [-0.2, 0) is 12.8 Å². The highest BCUT2D eigenvalue weighted by molar-refractivity contribution is 5.58. The minimum absolute atomic E-state index is 0.133. The SMILES string of the molecule is Cc1ccc([N+](=O)[O-])cc1NC1Cc2ccccc2C1. The number of benzene rings is 2. The summed E-state index contributed by atoms with van der Waals surface area (Å²) in [5, 5.41) is 14.3. The van der Waals surface area contributed by atoms with Crippen molar-refractivity contribution in [2.24, 2.45) is 0 Å². The number of hydrogen-bond acceptors (Lipinski definition) is 3. The maximum absolute atomic E-state index is 10.9. The van der Waals surface area contributed by atoms with Crippen LogP contribution in [0.1, 0.15) is 16.7 Å². The van der Waals surface area contributed by atoms with Gasteiger partial charge >= 0.3 is 0 Å². The van der Waals surface area contributed by atoms with Gasteiger partial charge in [-0.05, 0) is 36.5 Å². The van der Waals surface area contributed by atoms with E-state index in [1.807, 2.05) is 6.92 Å². The number of nitro benzene ring substituents is 1. The first-order valence-corrected chi connectivity index (χ1v) is 6.72. The van der Waals surface area contributed by atoms with Crippen LogP contribution in [0.25, 0.3) is 0 Å². The molecule has 0 radical (unpaired) electrons. The Hall–Kier alpha value is -2.36. The summed E-state index contributed by atoms with van der Waals surface area (Å²) < 4.78 is 0. The van der Waals surface area contributed by atoms with E-state index in [1.165, 1.54) is 11.1 Å². The van der Waals surface area contributed by atoms with Gasteiger partial charge in [-0.15, -0.1) is 0 Å². The van der Waals surface area contributed by atoms with Crippen molar-refractivity contribution >= 4 is 11.4 Å². The van der Waals surface area contributed by atoms with Gasteiger partial charge in [-0.25, -0.2) is 0 Å². The molecule has 2 aromatic carbocycles. The second kappa shape index (κ2) is 4.96. The topological polar surface area (TPSA) is 55.2 Å². The molecule has 4 nitrogen and oxygen atoms in total. The monoisotopic (exact) mass is 268 g/mol. The Bertz CT molecular complexity index is 642. The van der Waals surface area contributed by atoms with E-state index in [4.69, 9.17) is 0 Å². The zero-order chi connectivity index (χ0) is 14.1. The second-order valence-electron chi connectivity index (χ2n) is 5.27. The van der Waals surface area contributed by atoms with Crippen LogP contribution in [0.5, 0.6) is 0 Å². The molecule has 2 aromatic rings. The average Bonchev–Trinajstić information content (AvgIpc) is 2.83. The molecule has 4 heteroatoms. The molecule has 102 valence electrons. The molecule has 1 aliphatic rings. The van der Waals surface area contributed by atoms with E-state index >= 15 is 0 Å². The largest absolute Gasteiger partial charge is 0.381 e. The smallest absolute Gasteiger partial charge is 0.271 e. The normalized spacial score (nSPS) is 14.1. The molecule has 0 saturated carbocycles. The molecule has 0 aliphatic heterocycles. The Balaban J connectivity index is 1.80. The number of aryl methyl sites for hydroxylation is 1.